The highest BCUT2D eigenvalue weighted by Crippen LogP contribution is 2.35. The molecule has 4 heteroatoms. The second kappa shape index (κ2) is 9.40. The van der Waals surface area contributed by atoms with Crippen LogP contribution in [0.15, 0.2) is 154 Å². The average Bonchev–Trinajstić information content (AvgIpc) is 3.47. The van der Waals surface area contributed by atoms with Crippen molar-refractivity contribution < 1.29 is 4.42 Å². The molecule has 0 saturated heterocycles. The Kier molecular flexibility index (Phi) is 5.23. The smallest absolute Gasteiger partial charge is 0.169 e. The lowest BCUT2D eigenvalue weighted by Gasteiger charge is -2.23. The molecule has 0 amide bonds. The van der Waals surface area contributed by atoms with Crippen molar-refractivity contribution in [2.45, 2.75) is 6.17 Å². The number of hydrogen-bond acceptors (Lipinski definition) is 4. The predicted octanol–water partition coefficient (Wildman–Crippen LogP) is 9.54. The molecule has 1 aromatic heterocycles. The maximum absolute atomic E-state index is 6.20. The van der Waals surface area contributed by atoms with Gasteiger partial charge in [-0.15, -0.1) is 0 Å². The van der Waals surface area contributed by atoms with Gasteiger partial charge in [0.25, 0.3) is 0 Å². The van der Waals surface area contributed by atoms with Crippen LogP contribution in [0.4, 0.5) is 0 Å². The second-order valence-corrected chi connectivity index (χ2v) is 11.0. The number of nitrogens with zero attached hydrogens (tertiary/aromatic N) is 2. The van der Waals surface area contributed by atoms with Gasteiger partial charge in [-0.25, -0.2) is 9.98 Å². The molecule has 2 heterocycles. The van der Waals surface area contributed by atoms with Crippen LogP contribution in [0.2, 0.25) is 0 Å². The fraction of sp³-hybridized carbons (Fsp3) is 0.0256. The van der Waals surface area contributed by atoms with E-state index >= 15 is 0 Å². The van der Waals surface area contributed by atoms with E-state index in [-0.39, 0.29) is 6.17 Å². The number of para-hydroxylation sites is 1. The number of aliphatic imine (C=N–C) groups is 2. The quantitative estimate of drug-likeness (QED) is 0.222. The summed E-state index contributed by atoms with van der Waals surface area (Å²) in [5.41, 5.74) is 4.76. The van der Waals surface area contributed by atoms with Crippen molar-refractivity contribution in [1.82, 2.24) is 5.32 Å². The fourth-order valence-electron chi connectivity index (χ4n) is 6.46. The van der Waals surface area contributed by atoms with Gasteiger partial charge < -0.3 is 9.73 Å². The van der Waals surface area contributed by atoms with Crippen molar-refractivity contribution in [2.24, 2.45) is 9.98 Å². The van der Waals surface area contributed by atoms with Gasteiger partial charge in [-0.2, -0.15) is 0 Å². The van der Waals surface area contributed by atoms with Gasteiger partial charge in [0.15, 0.2) is 6.17 Å². The molecule has 43 heavy (non-hydrogen) atoms. The van der Waals surface area contributed by atoms with Crippen LogP contribution >= 0.6 is 0 Å². The number of nitrogens with one attached hydrogen (secondary N) is 1. The number of amidine groups is 2. The molecule has 1 aliphatic rings. The molecular weight excluding hydrogens is 526 g/mol. The van der Waals surface area contributed by atoms with Gasteiger partial charge in [-0.05, 0) is 56.1 Å². The van der Waals surface area contributed by atoms with Crippen LogP contribution in [0, 0.1) is 0 Å². The Bertz CT molecular complexity index is 2440. The first-order chi connectivity index (χ1) is 21.3. The van der Waals surface area contributed by atoms with Gasteiger partial charge in [0, 0.05) is 21.9 Å². The minimum Gasteiger partial charge on any atom is -0.456 e. The van der Waals surface area contributed by atoms with Crippen LogP contribution in [-0.2, 0) is 0 Å². The van der Waals surface area contributed by atoms with Crippen molar-refractivity contribution in [3.05, 3.63) is 156 Å². The summed E-state index contributed by atoms with van der Waals surface area (Å²) in [6.07, 6.45) is -0.375. The first-order valence-corrected chi connectivity index (χ1v) is 14.5. The summed E-state index contributed by atoms with van der Waals surface area (Å²) in [5.74, 6) is 1.57. The minimum atomic E-state index is -0.375. The lowest BCUT2D eigenvalue weighted by Crippen LogP contribution is -2.36. The first kappa shape index (κ1) is 23.9. The molecule has 8 aromatic rings. The Hall–Kier alpha value is -5.74. The van der Waals surface area contributed by atoms with E-state index in [1.807, 2.05) is 48.5 Å². The van der Waals surface area contributed by atoms with E-state index in [1.165, 1.54) is 32.3 Å². The molecule has 9 rings (SSSR count). The third kappa shape index (κ3) is 3.84. The molecule has 0 saturated carbocycles. The van der Waals surface area contributed by atoms with Crippen LogP contribution in [-0.4, -0.2) is 11.7 Å². The summed E-state index contributed by atoms with van der Waals surface area (Å²) in [7, 11) is 0. The molecule has 0 bridgehead atoms. The van der Waals surface area contributed by atoms with Gasteiger partial charge >= 0.3 is 0 Å². The number of rotatable bonds is 3. The van der Waals surface area contributed by atoms with Gasteiger partial charge in [0.1, 0.15) is 22.8 Å². The molecule has 4 nitrogen and oxygen atoms in total. The predicted molar refractivity (Wildman–Crippen MR) is 178 cm³/mol. The Morgan fingerprint density at radius 2 is 1.16 bits per heavy atom. The number of fused-ring (bicyclic) bond motifs is 8. The molecule has 1 atom stereocenters. The normalized spacial score (nSPS) is 15.2. The zero-order valence-electron chi connectivity index (χ0n) is 23.2. The topological polar surface area (TPSA) is 49.9 Å². The average molecular weight is 552 g/mol. The molecule has 0 spiro atoms. The van der Waals surface area contributed by atoms with E-state index in [4.69, 9.17) is 14.4 Å². The minimum absolute atomic E-state index is 0.375. The van der Waals surface area contributed by atoms with Crippen LogP contribution in [0.25, 0.3) is 54.3 Å². The van der Waals surface area contributed by atoms with E-state index < -0.39 is 0 Å². The second-order valence-electron chi connectivity index (χ2n) is 11.0. The molecule has 0 fully saturated rings. The standard InChI is InChI=1S/C39H25N3O/c1-2-10-25(11-3-1)37-40-38(42-39(41-37)33-14-8-16-35-36(33)32-13-6-7-15-34(32)43-35)27-19-20-29-26(23-27)18-22-30-28-12-5-4-9-24(28)17-21-31(29)30/h1-23,37H,(H,40,41,42). The largest absolute Gasteiger partial charge is 0.456 e. The third-order valence-corrected chi connectivity index (χ3v) is 8.51. The number of hydrogen-bond donors (Lipinski definition) is 1. The molecule has 7 aromatic carbocycles. The van der Waals surface area contributed by atoms with E-state index in [2.05, 4.69) is 96.3 Å². The van der Waals surface area contributed by atoms with E-state index in [0.29, 0.717) is 0 Å². The lowest BCUT2D eigenvalue weighted by atomic mass is 9.96. The highest BCUT2D eigenvalue weighted by Gasteiger charge is 2.23. The van der Waals surface area contributed by atoms with Crippen LogP contribution in [0.3, 0.4) is 0 Å². The van der Waals surface area contributed by atoms with Gasteiger partial charge in [-0.1, -0.05) is 121 Å². The van der Waals surface area contributed by atoms with Crippen LogP contribution in [0.1, 0.15) is 22.9 Å². The van der Waals surface area contributed by atoms with Crippen molar-refractivity contribution >= 4 is 65.9 Å². The van der Waals surface area contributed by atoms with Gasteiger partial charge in [0.05, 0.1) is 0 Å². The first-order valence-electron chi connectivity index (χ1n) is 14.5. The Morgan fingerprint density at radius 1 is 0.488 bits per heavy atom. The summed E-state index contributed by atoms with van der Waals surface area (Å²) in [5, 5.41) is 13.2. The Labute approximate surface area is 247 Å². The van der Waals surface area contributed by atoms with Crippen molar-refractivity contribution in [2.75, 3.05) is 0 Å². The van der Waals surface area contributed by atoms with Crippen LogP contribution in [0.5, 0.6) is 0 Å². The van der Waals surface area contributed by atoms with E-state index in [9.17, 15) is 0 Å². The van der Waals surface area contributed by atoms with Gasteiger partial charge in [0.2, 0.25) is 0 Å². The highest BCUT2D eigenvalue weighted by molar-refractivity contribution is 6.24. The van der Waals surface area contributed by atoms with Crippen molar-refractivity contribution in [3.8, 4) is 0 Å². The number of benzene rings is 7. The van der Waals surface area contributed by atoms with Crippen LogP contribution < -0.4 is 5.32 Å². The molecule has 1 N–H and O–H groups in total. The third-order valence-electron chi connectivity index (χ3n) is 8.51. The zero-order valence-corrected chi connectivity index (χ0v) is 23.2. The van der Waals surface area contributed by atoms with Gasteiger partial charge in [-0.3, -0.25) is 0 Å². The monoisotopic (exact) mass is 551 g/mol. The summed E-state index contributed by atoms with van der Waals surface area (Å²) < 4.78 is 6.20. The summed E-state index contributed by atoms with van der Waals surface area (Å²) in [6.45, 7) is 0. The fourth-order valence-corrected chi connectivity index (χ4v) is 6.46. The maximum Gasteiger partial charge on any atom is 0.169 e. The van der Waals surface area contributed by atoms with Crippen molar-refractivity contribution in [1.29, 1.82) is 0 Å². The Morgan fingerprint density at radius 3 is 2.05 bits per heavy atom. The molecule has 0 radical (unpaired) electrons. The SMILES string of the molecule is c1ccc(C2N=C(c3ccc4c(ccc5c6ccccc6ccc45)c3)NC(c3cccc4oc5ccccc5c34)=N2)cc1. The lowest BCUT2D eigenvalue weighted by molar-refractivity contribution is 0.669. The Balaban J connectivity index is 1.20. The number of furan rings is 1. The summed E-state index contributed by atoms with van der Waals surface area (Å²) in [4.78, 5) is 10.3. The summed E-state index contributed by atoms with van der Waals surface area (Å²) >= 11 is 0. The molecule has 1 aliphatic heterocycles. The maximum atomic E-state index is 6.20. The molecule has 1 unspecified atom stereocenters. The highest BCUT2D eigenvalue weighted by atomic mass is 16.3. The zero-order chi connectivity index (χ0) is 28.3. The molecular formula is C39H25N3O. The van der Waals surface area contributed by atoms with Crippen molar-refractivity contribution in [3.63, 3.8) is 0 Å². The molecule has 0 aliphatic carbocycles. The van der Waals surface area contributed by atoms with E-state index in [1.54, 1.807) is 0 Å². The summed E-state index contributed by atoms with van der Waals surface area (Å²) in [6, 6.07) is 48.7. The molecule has 202 valence electrons. The van der Waals surface area contributed by atoms with E-state index in [0.717, 1.165) is 50.3 Å².